The van der Waals surface area contributed by atoms with Crippen LogP contribution in [0, 0.1) is 6.92 Å². The van der Waals surface area contributed by atoms with E-state index in [2.05, 4.69) is 10.5 Å². The second-order valence-corrected chi connectivity index (χ2v) is 4.21. The molecule has 1 N–H and O–H groups in total. The molecule has 0 bridgehead atoms. The first-order valence-corrected chi connectivity index (χ1v) is 5.83. The predicted molar refractivity (Wildman–Crippen MR) is 64.1 cm³/mol. The fraction of sp³-hybridized carbons (Fsp3) is 0.455. The first kappa shape index (κ1) is 13.1. The Labute approximate surface area is 109 Å². The Kier molecular flexibility index (Phi) is 3.79. The van der Waals surface area contributed by atoms with Crippen LogP contribution >= 0.6 is 0 Å². The fourth-order valence-electron chi connectivity index (χ4n) is 1.77. The van der Waals surface area contributed by atoms with Gasteiger partial charge in [-0.25, -0.2) is 0 Å². The molecule has 19 heavy (non-hydrogen) atoms. The molecule has 0 aliphatic carbocycles. The first-order valence-electron chi connectivity index (χ1n) is 5.83. The van der Waals surface area contributed by atoms with Crippen LogP contribution in [0.1, 0.15) is 5.76 Å². The van der Waals surface area contributed by atoms with Gasteiger partial charge in [0.25, 0.3) is 0 Å². The molecule has 0 atom stereocenters. The number of hydrogen-bond acceptors (Lipinski definition) is 5. The highest BCUT2D eigenvalue weighted by Crippen LogP contribution is 2.08. The number of amides is 3. The summed E-state index contributed by atoms with van der Waals surface area (Å²) in [6, 6.07) is 1.52. The summed E-state index contributed by atoms with van der Waals surface area (Å²) in [5.74, 6) is -0.635. The van der Waals surface area contributed by atoms with E-state index >= 15 is 0 Å². The van der Waals surface area contributed by atoms with Crippen LogP contribution in [0.2, 0.25) is 0 Å². The van der Waals surface area contributed by atoms with Crippen molar-refractivity contribution in [3.05, 3.63) is 11.8 Å². The van der Waals surface area contributed by atoms with Gasteiger partial charge in [-0.2, -0.15) is 0 Å². The number of rotatable bonds is 2. The van der Waals surface area contributed by atoms with E-state index < -0.39 is 11.8 Å². The van der Waals surface area contributed by atoms with Crippen molar-refractivity contribution in [2.24, 2.45) is 0 Å². The first-order chi connectivity index (χ1) is 9.10. The third-order valence-electron chi connectivity index (χ3n) is 2.81. The largest absolute Gasteiger partial charge is 0.360 e. The van der Waals surface area contributed by atoms with E-state index in [0.29, 0.717) is 31.9 Å². The molecule has 2 heterocycles. The van der Waals surface area contributed by atoms with Gasteiger partial charge in [0.1, 0.15) is 5.76 Å². The highest BCUT2D eigenvalue weighted by Gasteiger charge is 2.26. The SMILES string of the molecule is Cc1cc(NC(=O)C(=O)N2CCN(C=O)CC2)no1. The van der Waals surface area contributed by atoms with Crippen molar-refractivity contribution in [3.63, 3.8) is 0 Å². The second kappa shape index (κ2) is 5.51. The molecule has 0 spiro atoms. The van der Waals surface area contributed by atoms with E-state index in [4.69, 9.17) is 4.52 Å². The molecule has 8 nitrogen and oxygen atoms in total. The smallest absolute Gasteiger partial charge is 0.315 e. The van der Waals surface area contributed by atoms with Crippen molar-refractivity contribution < 1.29 is 18.9 Å². The van der Waals surface area contributed by atoms with E-state index in [1.165, 1.54) is 11.0 Å². The van der Waals surface area contributed by atoms with Gasteiger partial charge in [0, 0.05) is 32.2 Å². The zero-order chi connectivity index (χ0) is 13.8. The molecule has 1 aliphatic rings. The van der Waals surface area contributed by atoms with E-state index in [1.807, 2.05) is 0 Å². The van der Waals surface area contributed by atoms with Gasteiger partial charge in [-0.05, 0) is 6.92 Å². The monoisotopic (exact) mass is 266 g/mol. The highest BCUT2D eigenvalue weighted by atomic mass is 16.5. The van der Waals surface area contributed by atoms with E-state index in [0.717, 1.165) is 6.41 Å². The number of aromatic nitrogens is 1. The molecule has 1 aromatic heterocycles. The number of nitrogens with zero attached hydrogens (tertiary/aromatic N) is 3. The maximum absolute atomic E-state index is 11.9. The summed E-state index contributed by atoms with van der Waals surface area (Å²) < 4.78 is 4.78. The number of aryl methyl sites for hydroxylation is 1. The number of nitrogens with one attached hydrogen (secondary N) is 1. The highest BCUT2D eigenvalue weighted by molar-refractivity contribution is 6.39. The molecule has 1 aliphatic heterocycles. The molecule has 0 unspecified atom stereocenters. The minimum absolute atomic E-state index is 0.211. The zero-order valence-electron chi connectivity index (χ0n) is 10.5. The molecule has 0 radical (unpaired) electrons. The van der Waals surface area contributed by atoms with Crippen LogP contribution in [0.3, 0.4) is 0 Å². The normalized spacial score (nSPS) is 15.2. The Balaban J connectivity index is 1.89. The lowest BCUT2D eigenvalue weighted by atomic mass is 10.3. The van der Waals surface area contributed by atoms with Crippen molar-refractivity contribution >= 4 is 24.0 Å². The summed E-state index contributed by atoms with van der Waals surface area (Å²) in [7, 11) is 0. The number of anilines is 1. The van der Waals surface area contributed by atoms with Gasteiger partial charge in [-0.1, -0.05) is 5.16 Å². The zero-order valence-corrected chi connectivity index (χ0v) is 10.5. The van der Waals surface area contributed by atoms with Crippen LogP contribution in [0.15, 0.2) is 10.6 Å². The van der Waals surface area contributed by atoms with Crippen LogP contribution in [-0.4, -0.2) is 59.4 Å². The van der Waals surface area contributed by atoms with Crippen LogP contribution in [-0.2, 0) is 14.4 Å². The summed E-state index contributed by atoms with van der Waals surface area (Å²) in [5.41, 5.74) is 0. The third kappa shape index (κ3) is 3.09. The van der Waals surface area contributed by atoms with Crippen LogP contribution < -0.4 is 5.32 Å². The molecule has 102 valence electrons. The Morgan fingerprint density at radius 1 is 1.37 bits per heavy atom. The maximum atomic E-state index is 11.9. The van der Waals surface area contributed by atoms with Gasteiger partial charge in [0.15, 0.2) is 5.82 Å². The quantitative estimate of drug-likeness (QED) is 0.559. The average Bonchev–Trinajstić information content (AvgIpc) is 2.83. The standard InChI is InChI=1S/C11H14N4O4/c1-8-6-9(13-19-8)12-10(17)11(18)15-4-2-14(7-16)3-5-15/h6-7H,2-5H2,1H3,(H,12,13,17). The Bertz CT molecular complexity index is 491. The van der Waals surface area contributed by atoms with Crippen molar-refractivity contribution in [2.75, 3.05) is 31.5 Å². The van der Waals surface area contributed by atoms with Gasteiger partial charge in [0.05, 0.1) is 0 Å². The number of hydrogen-bond donors (Lipinski definition) is 1. The summed E-state index contributed by atoms with van der Waals surface area (Å²) >= 11 is 0. The lowest BCUT2D eigenvalue weighted by Gasteiger charge is -2.31. The van der Waals surface area contributed by atoms with E-state index in [-0.39, 0.29) is 5.82 Å². The third-order valence-corrected chi connectivity index (χ3v) is 2.81. The molecule has 0 saturated carbocycles. The van der Waals surface area contributed by atoms with Gasteiger partial charge >= 0.3 is 11.8 Å². The number of carbonyl (C=O) groups is 3. The fourth-order valence-corrected chi connectivity index (χ4v) is 1.77. The van der Waals surface area contributed by atoms with Gasteiger partial charge in [-0.15, -0.1) is 0 Å². The van der Waals surface area contributed by atoms with Crippen LogP contribution in [0.5, 0.6) is 0 Å². The van der Waals surface area contributed by atoms with Crippen molar-refractivity contribution in [1.82, 2.24) is 15.0 Å². The molecule has 3 amide bonds. The Morgan fingerprint density at radius 2 is 2.05 bits per heavy atom. The average molecular weight is 266 g/mol. The molecule has 1 saturated heterocycles. The van der Waals surface area contributed by atoms with E-state index in [9.17, 15) is 14.4 Å². The van der Waals surface area contributed by atoms with Crippen molar-refractivity contribution in [3.8, 4) is 0 Å². The molecule has 1 fully saturated rings. The van der Waals surface area contributed by atoms with Gasteiger partial charge in [0.2, 0.25) is 6.41 Å². The minimum atomic E-state index is -0.757. The molecular weight excluding hydrogens is 252 g/mol. The summed E-state index contributed by atoms with van der Waals surface area (Å²) in [6.45, 7) is 3.26. The Morgan fingerprint density at radius 3 is 2.58 bits per heavy atom. The van der Waals surface area contributed by atoms with Gasteiger partial charge < -0.3 is 14.3 Å². The topological polar surface area (TPSA) is 95.8 Å². The van der Waals surface area contributed by atoms with Crippen LogP contribution in [0.25, 0.3) is 0 Å². The van der Waals surface area contributed by atoms with Crippen molar-refractivity contribution in [2.45, 2.75) is 6.92 Å². The summed E-state index contributed by atoms with van der Waals surface area (Å²) in [6.07, 6.45) is 0.736. The molecule has 0 aromatic carbocycles. The van der Waals surface area contributed by atoms with Crippen LogP contribution in [0.4, 0.5) is 5.82 Å². The number of carbonyl (C=O) groups excluding carboxylic acids is 3. The maximum Gasteiger partial charge on any atom is 0.315 e. The van der Waals surface area contributed by atoms with Crippen molar-refractivity contribution in [1.29, 1.82) is 0 Å². The lowest BCUT2D eigenvalue weighted by Crippen LogP contribution is -2.51. The van der Waals surface area contributed by atoms with Gasteiger partial charge in [-0.3, -0.25) is 19.7 Å². The Hall–Kier alpha value is -2.38. The molecule has 2 rings (SSSR count). The minimum Gasteiger partial charge on any atom is -0.360 e. The number of piperazine rings is 1. The predicted octanol–water partition coefficient (Wildman–Crippen LogP) is -0.778. The molecule has 1 aromatic rings. The molecular formula is C11H14N4O4. The summed E-state index contributed by atoms with van der Waals surface area (Å²) in [5, 5.41) is 5.94. The second-order valence-electron chi connectivity index (χ2n) is 4.21. The lowest BCUT2D eigenvalue weighted by molar-refractivity contribution is -0.144. The van der Waals surface area contributed by atoms with E-state index in [1.54, 1.807) is 11.8 Å². The summed E-state index contributed by atoms with van der Waals surface area (Å²) in [4.78, 5) is 37.1. The molecule has 8 heteroatoms.